The van der Waals surface area contributed by atoms with Gasteiger partial charge in [0.25, 0.3) is 0 Å². The largest absolute Gasteiger partial charge is 0.272 e. The number of nitrogens with zero attached hydrogens (tertiary/aromatic N) is 4. The fraction of sp³-hybridized carbons (Fsp3) is 0.0244. The van der Waals surface area contributed by atoms with Crippen molar-refractivity contribution in [2.45, 2.75) is 6.92 Å². The van der Waals surface area contributed by atoms with Crippen LogP contribution in [0.15, 0.2) is 144 Å². The van der Waals surface area contributed by atoms with Crippen LogP contribution in [0, 0.1) is 0 Å². The average Bonchev–Trinajstić information content (AvgIpc) is 3.81. The number of hydrogen-bond acceptors (Lipinski definition) is 6. The highest BCUT2D eigenvalue weighted by Gasteiger charge is 2.15. The second-order valence-electron chi connectivity index (χ2n) is 11.2. The van der Waals surface area contributed by atoms with Crippen molar-refractivity contribution in [2.75, 3.05) is 0 Å². The molecule has 6 heteroatoms. The van der Waals surface area contributed by atoms with Crippen LogP contribution in [0.2, 0.25) is 0 Å². The summed E-state index contributed by atoms with van der Waals surface area (Å²) in [5.74, 6) is 0.690. The molecule has 224 valence electrons. The van der Waals surface area contributed by atoms with Crippen LogP contribution in [0.1, 0.15) is 12.5 Å². The SMILES string of the molecule is C=N/C=C\C(=C/C)c1ccc(-c2nc(-c3ccc(-c4ccncc4)cc3)cc(-c3cc4ccc5c(ccc6ccsc65)c4s3)n2)cc1. The molecule has 0 amide bonds. The highest BCUT2D eigenvalue weighted by molar-refractivity contribution is 7.23. The summed E-state index contributed by atoms with van der Waals surface area (Å²) in [5, 5.41) is 7.27. The Balaban J connectivity index is 1.25. The second-order valence-corrected chi connectivity index (χ2v) is 13.2. The van der Waals surface area contributed by atoms with Crippen LogP contribution < -0.4 is 0 Å². The number of allylic oxidation sites excluding steroid dienone is 3. The Kier molecular flexibility index (Phi) is 7.57. The van der Waals surface area contributed by atoms with Crippen LogP contribution in [0.3, 0.4) is 0 Å². The van der Waals surface area contributed by atoms with E-state index in [4.69, 9.17) is 9.97 Å². The molecule has 4 aromatic carbocycles. The third-order valence-corrected chi connectivity index (χ3v) is 10.6. The monoisotopic (exact) mass is 640 g/mol. The van der Waals surface area contributed by atoms with E-state index in [2.05, 4.69) is 119 Å². The van der Waals surface area contributed by atoms with Crippen LogP contribution in [-0.4, -0.2) is 21.7 Å². The van der Waals surface area contributed by atoms with E-state index < -0.39 is 0 Å². The fourth-order valence-corrected chi connectivity index (χ4v) is 8.06. The van der Waals surface area contributed by atoms with Gasteiger partial charge in [-0.05, 0) is 88.5 Å². The lowest BCUT2D eigenvalue weighted by atomic mass is 10.0. The molecule has 0 saturated carbocycles. The predicted octanol–water partition coefficient (Wildman–Crippen LogP) is 11.7. The lowest BCUT2D eigenvalue weighted by Gasteiger charge is -2.10. The van der Waals surface area contributed by atoms with Gasteiger partial charge in [-0.3, -0.25) is 9.98 Å². The lowest BCUT2D eigenvalue weighted by Crippen LogP contribution is -1.95. The highest BCUT2D eigenvalue weighted by atomic mass is 32.1. The Morgan fingerprint density at radius 1 is 0.681 bits per heavy atom. The minimum absolute atomic E-state index is 0.690. The number of aliphatic imine (C=N–C) groups is 1. The first kappa shape index (κ1) is 28.9. The average molecular weight is 641 g/mol. The molecule has 0 spiro atoms. The van der Waals surface area contributed by atoms with E-state index in [1.807, 2.05) is 37.5 Å². The molecule has 0 aliphatic rings. The van der Waals surface area contributed by atoms with Gasteiger partial charge >= 0.3 is 0 Å². The maximum atomic E-state index is 5.17. The van der Waals surface area contributed by atoms with Crippen molar-refractivity contribution in [1.29, 1.82) is 0 Å². The zero-order chi connectivity index (χ0) is 31.7. The van der Waals surface area contributed by atoms with E-state index in [0.717, 1.165) is 49.7 Å². The molecule has 47 heavy (non-hydrogen) atoms. The second kappa shape index (κ2) is 12.3. The van der Waals surface area contributed by atoms with Crippen molar-refractivity contribution in [3.05, 3.63) is 145 Å². The van der Waals surface area contributed by atoms with E-state index in [-0.39, 0.29) is 0 Å². The van der Waals surface area contributed by atoms with Crippen molar-refractivity contribution < 1.29 is 0 Å². The Hall–Kier alpha value is -5.56. The van der Waals surface area contributed by atoms with Gasteiger partial charge in [0, 0.05) is 49.9 Å². The topological polar surface area (TPSA) is 51.0 Å². The first-order chi connectivity index (χ1) is 23.2. The quantitative estimate of drug-likeness (QED) is 0.129. The van der Waals surface area contributed by atoms with E-state index in [0.29, 0.717) is 5.82 Å². The first-order valence-electron chi connectivity index (χ1n) is 15.3. The number of aromatic nitrogens is 3. The smallest absolute Gasteiger partial charge is 0.160 e. The number of thiophene rings is 2. The Morgan fingerprint density at radius 3 is 2.13 bits per heavy atom. The minimum atomic E-state index is 0.690. The first-order valence-corrected chi connectivity index (χ1v) is 17.0. The van der Waals surface area contributed by atoms with Crippen LogP contribution in [0.25, 0.3) is 80.9 Å². The molecule has 0 aliphatic carbocycles. The highest BCUT2D eigenvalue weighted by Crippen LogP contribution is 2.41. The molecule has 0 radical (unpaired) electrons. The van der Waals surface area contributed by atoms with Crippen molar-refractivity contribution in [2.24, 2.45) is 4.99 Å². The molecular weight excluding hydrogens is 613 g/mol. The summed E-state index contributed by atoms with van der Waals surface area (Å²) in [5.41, 5.74) is 8.22. The van der Waals surface area contributed by atoms with Gasteiger partial charge in [0.1, 0.15) is 0 Å². The standard InChI is InChI=1S/C41H28N4S2/c1-3-26(16-20-42-2)27-6-10-32(11-7-27)41-44-36(30-8-4-28(5-9-30)29-17-21-43-22-18-29)25-37(45-41)38-24-33-13-15-34-35(40(33)47-38)14-12-31-19-23-46-39(31)34/h3-25H,2H2,1H3/b20-16-,26-3+. The third kappa shape index (κ3) is 5.48. The molecule has 4 heterocycles. The molecule has 0 bridgehead atoms. The van der Waals surface area contributed by atoms with Crippen molar-refractivity contribution in [1.82, 2.24) is 15.0 Å². The van der Waals surface area contributed by atoms with Gasteiger partial charge in [-0.25, -0.2) is 9.97 Å². The normalized spacial score (nSPS) is 12.1. The molecule has 0 aliphatic heterocycles. The van der Waals surface area contributed by atoms with Gasteiger partial charge in [0.15, 0.2) is 5.82 Å². The molecule has 0 saturated heterocycles. The van der Waals surface area contributed by atoms with Gasteiger partial charge in [-0.1, -0.05) is 78.9 Å². The van der Waals surface area contributed by atoms with Crippen LogP contribution in [0.5, 0.6) is 0 Å². The molecule has 0 N–H and O–H groups in total. The summed E-state index contributed by atoms with van der Waals surface area (Å²) >= 11 is 3.60. The van der Waals surface area contributed by atoms with Gasteiger partial charge < -0.3 is 0 Å². The molecule has 8 aromatic rings. The van der Waals surface area contributed by atoms with Crippen molar-refractivity contribution >= 4 is 65.9 Å². The third-order valence-electron chi connectivity index (χ3n) is 8.41. The van der Waals surface area contributed by atoms with E-state index in [1.54, 1.807) is 28.9 Å². The summed E-state index contributed by atoms with van der Waals surface area (Å²) < 4.78 is 2.61. The van der Waals surface area contributed by atoms with Gasteiger partial charge in [0.2, 0.25) is 0 Å². The lowest BCUT2D eigenvalue weighted by molar-refractivity contribution is 1.19. The van der Waals surface area contributed by atoms with Crippen molar-refractivity contribution in [3.8, 4) is 44.3 Å². The van der Waals surface area contributed by atoms with E-state index in [9.17, 15) is 0 Å². The zero-order valence-electron chi connectivity index (χ0n) is 25.6. The van der Waals surface area contributed by atoms with Crippen molar-refractivity contribution in [3.63, 3.8) is 0 Å². The van der Waals surface area contributed by atoms with E-state index >= 15 is 0 Å². The number of hydrogen-bond donors (Lipinski definition) is 0. The number of rotatable bonds is 7. The fourth-order valence-electron chi connectivity index (χ4n) is 5.99. The van der Waals surface area contributed by atoms with E-state index in [1.165, 1.54) is 30.9 Å². The minimum Gasteiger partial charge on any atom is -0.272 e. The molecule has 4 aromatic heterocycles. The predicted molar refractivity (Wildman–Crippen MR) is 202 cm³/mol. The van der Waals surface area contributed by atoms with Gasteiger partial charge in [-0.2, -0.15) is 0 Å². The Labute approximate surface area is 280 Å². The molecular formula is C41H28N4S2. The summed E-state index contributed by atoms with van der Waals surface area (Å²) in [4.78, 5) is 19.4. The van der Waals surface area contributed by atoms with Crippen LogP contribution in [-0.2, 0) is 0 Å². The molecule has 0 unspecified atom stereocenters. The van der Waals surface area contributed by atoms with Gasteiger partial charge in [0.05, 0.1) is 16.3 Å². The molecule has 8 rings (SSSR count). The van der Waals surface area contributed by atoms with Crippen LogP contribution >= 0.6 is 22.7 Å². The summed E-state index contributed by atoms with van der Waals surface area (Å²) in [6, 6.07) is 36.6. The number of benzene rings is 4. The molecule has 0 fully saturated rings. The molecule has 0 atom stereocenters. The summed E-state index contributed by atoms with van der Waals surface area (Å²) in [7, 11) is 0. The Morgan fingerprint density at radius 2 is 1.36 bits per heavy atom. The number of fused-ring (bicyclic) bond motifs is 5. The van der Waals surface area contributed by atoms with Crippen LogP contribution in [0.4, 0.5) is 0 Å². The maximum Gasteiger partial charge on any atom is 0.160 e. The maximum absolute atomic E-state index is 5.17. The summed E-state index contributed by atoms with van der Waals surface area (Å²) in [6.07, 6.45) is 9.37. The van der Waals surface area contributed by atoms with Gasteiger partial charge in [-0.15, -0.1) is 22.7 Å². The molecule has 4 nitrogen and oxygen atoms in total. The Bertz CT molecular complexity index is 2470. The number of pyridine rings is 1. The summed E-state index contributed by atoms with van der Waals surface area (Å²) in [6.45, 7) is 5.58. The zero-order valence-corrected chi connectivity index (χ0v) is 27.2.